The van der Waals surface area contributed by atoms with Crippen molar-refractivity contribution in [1.82, 2.24) is 4.98 Å². The van der Waals surface area contributed by atoms with Gasteiger partial charge >= 0.3 is 0 Å². The standard InChI is InChI=1S/C7H9NOS/c9-4-2-6-1-3-8-7(10)5-6/h1,3,5,9H,2,4H2,(H,8,10). The molecule has 0 spiro atoms. The predicted molar refractivity (Wildman–Crippen MR) is 42.3 cm³/mol. The van der Waals surface area contributed by atoms with Gasteiger partial charge in [0.2, 0.25) is 0 Å². The summed E-state index contributed by atoms with van der Waals surface area (Å²) in [6.07, 6.45) is 2.36. The van der Waals surface area contributed by atoms with Crippen molar-refractivity contribution in [1.29, 1.82) is 0 Å². The zero-order valence-electron chi connectivity index (χ0n) is 5.49. The summed E-state index contributed by atoms with van der Waals surface area (Å²) in [6, 6.07) is 3.72. The Morgan fingerprint density at radius 1 is 1.60 bits per heavy atom. The van der Waals surface area contributed by atoms with Gasteiger partial charge in [-0.15, -0.1) is 12.6 Å². The summed E-state index contributed by atoms with van der Waals surface area (Å²) in [5.74, 6) is 0. The van der Waals surface area contributed by atoms with Crippen LogP contribution in [0.3, 0.4) is 0 Å². The van der Waals surface area contributed by atoms with Crippen molar-refractivity contribution in [2.45, 2.75) is 11.4 Å². The van der Waals surface area contributed by atoms with Gasteiger partial charge in [-0.25, -0.2) is 0 Å². The van der Waals surface area contributed by atoms with Crippen LogP contribution < -0.4 is 0 Å². The van der Waals surface area contributed by atoms with Gasteiger partial charge in [0.05, 0.1) is 5.03 Å². The molecule has 1 N–H and O–H groups in total. The maximum absolute atomic E-state index is 8.57. The van der Waals surface area contributed by atoms with Gasteiger partial charge in [0.15, 0.2) is 0 Å². The lowest BCUT2D eigenvalue weighted by molar-refractivity contribution is 0.299. The summed E-state index contributed by atoms with van der Waals surface area (Å²) in [7, 11) is 0. The van der Waals surface area contributed by atoms with E-state index in [1.807, 2.05) is 12.1 Å². The number of hydrogen-bond acceptors (Lipinski definition) is 3. The minimum absolute atomic E-state index is 0.178. The molecule has 1 rings (SSSR count). The van der Waals surface area contributed by atoms with E-state index >= 15 is 0 Å². The number of aliphatic hydroxyl groups excluding tert-OH is 1. The van der Waals surface area contributed by atoms with Crippen molar-refractivity contribution in [2.75, 3.05) is 6.61 Å². The zero-order valence-corrected chi connectivity index (χ0v) is 6.38. The Morgan fingerprint density at radius 3 is 3.00 bits per heavy atom. The molecule has 3 heteroatoms. The molecular formula is C7H9NOS. The quantitative estimate of drug-likeness (QED) is 0.622. The van der Waals surface area contributed by atoms with Gasteiger partial charge in [0, 0.05) is 12.8 Å². The first-order valence-corrected chi connectivity index (χ1v) is 3.52. The summed E-state index contributed by atoms with van der Waals surface area (Å²) in [6.45, 7) is 0.178. The van der Waals surface area contributed by atoms with Crippen LogP contribution in [0.5, 0.6) is 0 Å². The van der Waals surface area contributed by atoms with Gasteiger partial charge in [0.1, 0.15) is 0 Å². The zero-order chi connectivity index (χ0) is 7.40. The monoisotopic (exact) mass is 155 g/mol. The molecule has 0 bridgehead atoms. The molecule has 0 saturated heterocycles. The molecule has 0 aliphatic heterocycles. The highest BCUT2D eigenvalue weighted by Crippen LogP contribution is 2.04. The van der Waals surface area contributed by atoms with Crippen LogP contribution in [-0.2, 0) is 6.42 Å². The van der Waals surface area contributed by atoms with Crippen LogP contribution in [0, 0.1) is 0 Å². The largest absolute Gasteiger partial charge is 0.396 e. The lowest BCUT2D eigenvalue weighted by atomic mass is 10.2. The second-order valence-electron chi connectivity index (χ2n) is 2.00. The SMILES string of the molecule is OCCc1ccnc(S)c1. The van der Waals surface area contributed by atoms with Crippen molar-refractivity contribution in [3.05, 3.63) is 23.9 Å². The molecule has 0 radical (unpaired) electrons. The summed E-state index contributed by atoms with van der Waals surface area (Å²) >= 11 is 4.05. The summed E-state index contributed by atoms with van der Waals surface area (Å²) < 4.78 is 0. The molecule has 1 aromatic rings. The first-order chi connectivity index (χ1) is 4.83. The molecule has 2 nitrogen and oxygen atoms in total. The lowest BCUT2D eigenvalue weighted by Gasteiger charge is -1.96. The Labute approximate surface area is 65.3 Å². The van der Waals surface area contributed by atoms with Gasteiger partial charge < -0.3 is 5.11 Å². The van der Waals surface area contributed by atoms with Crippen molar-refractivity contribution < 1.29 is 5.11 Å². The Kier molecular flexibility index (Phi) is 2.71. The number of hydrogen-bond donors (Lipinski definition) is 2. The van der Waals surface area contributed by atoms with Crippen molar-refractivity contribution in [3.63, 3.8) is 0 Å². The summed E-state index contributed by atoms with van der Waals surface area (Å²) in [5, 5.41) is 9.27. The fourth-order valence-electron chi connectivity index (χ4n) is 0.745. The third-order valence-corrected chi connectivity index (χ3v) is 1.45. The fraction of sp³-hybridized carbons (Fsp3) is 0.286. The van der Waals surface area contributed by atoms with Gasteiger partial charge in [-0.1, -0.05) is 0 Å². The van der Waals surface area contributed by atoms with Crippen LogP contribution in [-0.4, -0.2) is 16.7 Å². The second-order valence-corrected chi connectivity index (χ2v) is 2.45. The second kappa shape index (κ2) is 3.58. The normalized spacial score (nSPS) is 9.80. The molecule has 0 amide bonds. The van der Waals surface area contributed by atoms with Crippen molar-refractivity contribution in [3.8, 4) is 0 Å². The molecule has 54 valence electrons. The van der Waals surface area contributed by atoms with Gasteiger partial charge in [0.25, 0.3) is 0 Å². The van der Waals surface area contributed by atoms with E-state index in [2.05, 4.69) is 17.6 Å². The van der Waals surface area contributed by atoms with Gasteiger partial charge in [-0.2, -0.15) is 0 Å². The average molecular weight is 155 g/mol. The first-order valence-electron chi connectivity index (χ1n) is 3.07. The first kappa shape index (κ1) is 7.57. The Hall–Kier alpha value is -0.540. The number of thiol groups is 1. The molecule has 0 aliphatic rings. The van der Waals surface area contributed by atoms with Gasteiger partial charge in [-0.05, 0) is 24.1 Å². The molecule has 0 unspecified atom stereocenters. The molecule has 0 aliphatic carbocycles. The molecule has 0 aromatic carbocycles. The van der Waals surface area contributed by atoms with E-state index < -0.39 is 0 Å². The summed E-state index contributed by atoms with van der Waals surface area (Å²) in [4.78, 5) is 3.90. The van der Waals surface area contributed by atoms with E-state index in [1.165, 1.54) is 0 Å². The number of aliphatic hydroxyl groups is 1. The fourth-order valence-corrected chi connectivity index (χ4v) is 0.978. The highest BCUT2D eigenvalue weighted by Gasteiger charge is 1.91. The van der Waals surface area contributed by atoms with Crippen LogP contribution in [0.2, 0.25) is 0 Å². The van der Waals surface area contributed by atoms with E-state index in [1.54, 1.807) is 6.20 Å². The van der Waals surface area contributed by atoms with Crippen LogP contribution in [0.1, 0.15) is 5.56 Å². The van der Waals surface area contributed by atoms with Crippen LogP contribution in [0.25, 0.3) is 0 Å². The van der Waals surface area contributed by atoms with E-state index in [0.29, 0.717) is 11.4 Å². The Morgan fingerprint density at radius 2 is 2.40 bits per heavy atom. The van der Waals surface area contributed by atoms with Gasteiger partial charge in [-0.3, -0.25) is 4.98 Å². The number of aromatic nitrogens is 1. The summed E-state index contributed by atoms with van der Waals surface area (Å²) in [5.41, 5.74) is 1.07. The van der Waals surface area contributed by atoms with Crippen molar-refractivity contribution in [2.24, 2.45) is 0 Å². The smallest absolute Gasteiger partial charge is 0.0932 e. The van der Waals surface area contributed by atoms with Crippen LogP contribution in [0.4, 0.5) is 0 Å². The number of pyridine rings is 1. The number of nitrogens with zero attached hydrogens (tertiary/aromatic N) is 1. The molecule has 0 atom stereocenters. The minimum Gasteiger partial charge on any atom is -0.396 e. The highest BCUT2D eigenvalue weighted by molar-refractivity contribution is 7.80. The van der Waals surface area contributed by atoms with Crippen LogP contribution >= 0.6 is 12.6 Å². The van der Waals surface area contributed by atoms with E-state index in [-0.39, 0.29) is 6.61 Å². The van der Waals surface area contributed by atoms with E-state index in [4.69, 9.17) is 5.11 Å². The Balaban J connectivity index is 2.75. The Bertz CT molecular complexity index is 215. The maximum atomic E-state index is 8.57. The van der Waals surface area contributed by atoms with Crippen LogP contribution in [0.15, 0.2) is 23.4 Å². The van der Waals surface area contributed by atoms with E-state index in [0.717, 1.165) is 5.56 Å². The average Bonchev–Trinajstić information content (AvgIpc) is 1.88. The van der Waals surface area contributed by atoms with Crippen molar-refractivity contribution >= 4 is 12.6 Å². The molecule has 10 heavy (non-hydrogen) atoms. The number of rotatable bonds is 2. The molecular weight excluding hydrogens is 146 g/mol. The molecule has 1 heterocycles. The highest BCUT2D eigenvalue weighted by atomic mass is 32.1. The molecule has 0 fully saturated rings. The third-order valence-electron chi connectivity index (χ3n) is 1.21. The topological polar surface area (TPSA) is 33.1 Å². The van der Waals surface area contributed by atoms with E-state index in [9.17, 15) is 0 Å². The molecule has 0 saturated carbocycles. The molecule has 1 aromatic heterocycles. The predicted octanol–water partition coefficient (Wildman–Crippen LogP) is 0.905. The maximum Gasteiger partial charge on any atom is 0.0932 e. The third kappa shape index (κ3) is 2.01. The lowest BCUT2D eigenvalue weighted by Crippen LogP contribution is -1.90. The minimum atomic E-state index is 0.178.